The number of anilines is 1. The Morgan fingerprint density at radius 3 is 2.35 bits per heavy atom. The fourth-order valence-corrected chi connectivity index (χ4v) is 6.16. The first-order valence-electron chi connectivity index (χ1n) is 14.2. The maximum atomic E-state index is 14.3. The van der Waals surface area contributed by atoms with Crippen molar-refractivity contribution in [1.82, 2.24) is 25.1 Å². The fraction of sp³-hybridized carbons (Fsp3) is 0.344. The van der Waals surface area contributed by atoms with E-state index in [0.29, 0.717) is 11.6 Å². The van der Waals surface area contributed by atoms with Gasteiger partial charge in [-0.25, -0.2) is 14.8 Å². The van der Waals surface area contributed by atoms with Crippen molar-refractivity contribution in [3.63, 3.8) is 0 Å². The van der Waals surface area contributed by atoms with Crippen LogP contribution in [0.4, 0.5) is 10.5 Å². The molecule has 4 amide bonds. The number of hydrogen-bond acceptors (Lipinski definition) is 6. The molecular weight excluding hydrogens is 568 g/mol. The highest BCUT2D eigenvalue weighted by atomic mass is 35.5. The first-order valence-corrected chi connectivity index (χ1v) is 14.6. The molecule has 0 spiro atoms. The van der Waals surface area contributed by atoms with Crippen LogP contribution in [0.15, 0.2) is 72.8 Å². The van der Waals surface area contributed by atoms with E-state index in [-0.39, 0.29) is 43.1 Å². The number of rotatable bonds is 7. The van der Waals surface area contributed by atoms with Gasteiger partial charge in [-0.3, -0.25) is 9.59 Å². The zero-order valence-corrected chi connectivity index (χ0v) is 25.5. The first kappa shape index (κ1) is 30.2. The fourth-order valence-electron chi connectivity index (χ4n) is 5.88. The smallest absolute Gasteiger partial charge is 0.334 e. The highest BCUT2D eigenvalue weighted by molar-refractivity contribution is 6.33. The van der Waals surface area contributed by atoms with E-state index in [1.54, 1.807) is 51.1 Å². The third-order valence-electron chi connectivity index (χ3n) is 8.09. The Hall–Kier alpha value is -4.28. The highest BCUT2D eigenvalue weighted by Crippen LogP contribution is 2.34. The molecule has 2 aliphatic heterocycles. The molecule has 0 bridgehead atoms. The van der Waals surface area contributed by atoms with Crippen molar-refractivity contribution in [2.75, 3.05) is 32.6 Å². The predicted octanol–water partition coefficient (Wildman–Crippen LogP) is 3.68. The van der Waals surface area contributed by atoms with Crippen molar-refractivity contribution in [2.45, 2.75) is 44.7 Å². The van der Waals surface area contributed by atoms with E-state index in [1.165, 1.54) is 0 Å². The average molecular weight is 605 g/mol. The molecule has 0 aliphatic carbocycles. The Morgan fingerprint density at radius 2 is 1.67 bits per heavy atom. The van der Waals surface area contributed by atoms with Gasteiger partial charge in [-0.2, -0.15) is 0 Å². The standard InChI is InChI=1S/C32H37ClN6O4/c1-21-30-38(29(41)20-36(4)39(30)32(43)34-18-23-8-6-5-7-9-23)28(16-22-10-13-25(40)14-11-22)31(42)37(21)19-24-12-15-26(33)27(17-24)35(2)3/h5-15,17,21,28,30,40H,16,18-20H2,1-4H3,(H,34,43)/t21-,28-,30?/m0/s1. The van der Waals surface area contributed by atoms with Gasteiger partial charge in [-0.1, -0.05) is 60.1 Å². The summed E-state index contributed by atoms with van der Waals surface area (Å²) in [6.45, 7) is 2.41. The van der Waals surface area contributed by atoms with E-state index < -0.39 is 18.2 Å². The molecule has 5 rings (SSSR count). The number of nitrogens with one attached hydrogen (secondary N) is 1. The summed E-state index contributed by atoms with van der Waals surface area (Å²) in [5, 5.41) is 16.6. The summed E-state index contributed by atoms with van der Waals surface area (Å²) < 4.78 is 0. The number of piperazine rings is 1. The second-order valence-electron chi connectivity index (χ2n) is 11.3. The molecule has 3 aromatic carbocycles. The number of likely N-dealkylation sites (N-methyl/N-ethyl adjacent to an activating group) is 1. The molecule has 1 unspecified atom stereocenters. The van der Waals surface area contributed by atoms with Gasteiger partial charge in [0.05, 0.1) is 23.3 Å². The largest absolute Gasteiger partial charge is 0.508 e. The number of nitrogens with zero attached hydrogens (tertiary/aromatic N) is 5. The normalized spacial score (nSPS) is 20.7. The Bertz CT molecular complexity index is 1480. The van der Waals surface area contributed by atoms with Gasteiger partial charge in [0.1, 0.15) is 18.0 Å². The number of aromatic hydroxyl groups is 1. The van der Waals surface area contributed by atoms with Gasteiger partial charge < -0.3 is 25.1 Å². The second kappa shape index (κ2) is 12.5. The van der Waals surface area contributed by atoms with E-state index in [0.717, 1.165) is 22.4 Å². The minimum Gasteiger partial charge on any atom is -0.508 e. The number of hydrazine groups is 1. The molecule has 2 N–H and O–H groups in total. The molecule has 11 heteroatoms. The number of fused-ring (bicyclic) bond motifs is 1. The van der Waals surface area contributed by atoms with Gasteiger partial charge in [0, 0.05) is 40.7 Å². The van der Waals surface area contributed by atoms with Crippen LogP contribution in [-0.2, 0) is 29.1 Å². The SMILES string of the molecule is C[C@H]1C2N(C(=O)CN(C)N2C(=O)NCc2ccccc2)[C@@H](Cc2ccc(O)cc2)C(=O)N1Cc1ccc(Cl)c(N(C)C)c1. The maximum absolute atomic E-state index is 14.3. The molecule has 226 valence electrons. The van der Waals surface area contributed by atoms with E-state index >= 15 is 0 Å². The van der Waals surface area contributed by atoms with Crippen molar-refractivity contribution >= 4 is 35.1 Å². The molecule has 2 heterocycles. The lowest BCUT2D eigenvalue weighted by Crippen LogP contribution is -2.78. The van der Waals surface area contributed by atoms with Crippen molar-refractivity contribution in [1.29, 1.82) is 0 Å². The lowest BCUT2D eigenvalue weighted by molar-refractivity contribution is -0.196. The summed E-state index contributed by atoms with van der Waals surface area (Å²) in [4.78, 5) is 46.9. The summed E-state index contributed by atoms with van der Waals surface area (Å²) in [6.07, 6.45) is -0.514. The van der Waals surface area contributed by atoms with E-state index in [9.17, 15) is 19.5 Å². The minimum absolute atomic E-state index is 0.0509. The Morgan fingerprint density at radius 1 is 1.00 bits per heavy atom. The van der Waals surface area contributed by atoms with Crippen LogP contribution in [0.2, 0.25) is 5.02 Å². The third-order valence-corrected chi connectivity index (χ3v) is 8.41. The molecule has 0 radical (unpaired) electrons. The van der Waals surface area contributed by atoms with E-state index in [4.69, 9.17) is 11.6 Å². The molecule has 3 aromatic rings. The summed E-state index contributed by atoms with van der Waals surface area (Å²) in [7, 11) is 5.52. The zero-order valence-electron chi connectivity index (χ0n) is 24.8. The van der Waals surface area contributed by atoms with E-state index in [2.05, 4.69) is 5.32 Å². The van der Waals surface area contributed by atoms with Crippen LogP contribution in [0.1, 0.15) is 23.6 Å². The number of halogens is 1. The maximum Gasteiger partial charge on any atom is 0.334 e. The first-order chi connectivity index (χ1) is 20.5. The summed E-state index contributed by atoms with van der Waals surface area (Å²) in [6, 6.07) is 20.1. The van der Waals surface area contributed by atoms with Crippen LogP contribution < -0.4 is 10.2 Å². The molecule has 10 nitrogen and oxygen atoms in total. The topological polar surface area (TPSA) is 99.7 Å². The summed E-state index contributed by atoms with van der Waals surface area (Å²) >= 11 is 6.43. The summed E-state index contributed by atoms with van der Waals surface area (Å²) in [5.41, 5.74) is 3.44. The van der Waals surface area contributed by atoms with Crippen LogP contribution in [0.5, 0.6) is 5.75 Å². The number of carbonyl (C=O) groups is 3. The zero-order chi connectivity index (χ0) is 30.8. The molecule has 0 aromatic heterocycles. The molecular formula is C32H37ClN6O4. The number of amides is 4. The Balaban J connectivity index is 1.51. The van der Waals surface area contributed by atoms with Gasteiger partial charge in [-0.15, -0.1) is 0 Å². The van der Waals surface area contributed by atoms with Crippen molar-refractivity contribution in [3.8, 4) is 5.75 Å². The van der Waals surface area contributed by atoms with E-state index in [1.807, 2.05) is 74.4 Å². The quantitative estimate of drug-likeness (QED) is 0.427. The predicted molar refractivity (Wildman–Crippen MR) is 165 cm³/mol. The monoisotopic (exact) mass is 604 g/mol. The van der Waals surface area contributed by atoms with Gasteiger partial charge in [0.15, 0.2) is 0 Å². The number of phenolic OH excluding ortho intramolecular Hbond substituents is 1. The number of urea groups is 1. The van der Waals surface area contributed by atoms with Crippen molar-refractivity contribution < 1.29 is 19.5 Å². The van der Waals surface area contributed by atoms with Crippen LogP contribution in [0.25, 0.3) is 0 Å². The van der Waals surface area contributed by atoms with Gasteiger partial charge in [0.25, 0.3) is 0 Å². The summed E-state index contributed by atoms with van der Waals surface area (Å²) in [5.74, 6) is -0.325. The molecule has 3 atom stereocenters. The number of hydrogen-bond donors (Lipinski definition) is 2. The minimum atomic E-state index is -0.850. The Labute approximate surface area is 257 Å². The van der Waals surface area contributed by atoms with Crippen LogP contribution >= 0.6 is 11.6 Å². The number of benzene rings is 3. The highest BCUT2D eigenvalue weighted by Gasteiger charge is 2.54. The van der Waals surface area contributed by atoms with Crippen molar-refractivity contribution in [3.05, 3.63) is 94.5 Å². The van der Waals surface area contributed by atoms with Gasteiger partial charge in [-0.05, 0) is 47.9 Å². The van der Waals surface area contributed by atoms with Crippen LogP contribution in [-0.4, -0.2) is 88.7 Å². The Kier molecular flexibility index (Phi) is 8.79. The van der Waals surface area contributed by atoms with Crippen LogP contribution in [0.3, 0.4) is 0 Å². The average Bonchev–Trinajstić information content (AvgIpc) is 2.98. The molecule has 0 saturated carbocycles. The molecule has 2 fully saturated rings. The van der Waals surface area contributed by atoms with Gasteiger partial charge in [0.2, 0.25) is 11.8 Å². The second-order valence-corrected chi connectivity index (χ2v) is 11.7. The number of phenols is 1. The third kappa shape index (κ3) is 6.25. The molecule has 43 heavy (non-hydrogen) atoms. The molecule has 2 saturated heterocycles. The van der Waals surface area contributed by atoms with Gasteiger partial charge >= 0.3 is 6.03 Å². The van der Waals surface area contributed by atoms with Crippen LogP contribution in [0, 0.1) is 0 Å². The van der Waals surface area contributed by atoms with Crippen molar-refractivity contribution in [2.24, 2.45) is 0 Å². The lowest BCUT2D eigenvalue weighted by Gasteiger charge is -2.57. The lowest BCUT2D eigenvalue weighted by atomic mass is 9.94. The number of carbonyl (C=O) groups excluding carboxylic acids is 3. The molecule has 2 aliphatic rings.